The van der Waals surface area contributed by atoms with Crippen LogP contribution in [-0.2, 0) is 0 Å². The summed E-state index contributed by atoms with van der Waals surface area (Å²) in [5.41, 5.74) is 2.02. The van der Waals surface area contributed by atoms with Crippen LogP contribution in [0.15, 0.2) is 42.5 Å². The van der Waals surface area contributed by atoms with E-state index in [4.69, 9.17) is 11.6 Å². The van der Waals surface area contributed by atoms with Gasteiger partial charge in [-0.1, -0.05) is 17.7 Å². The number of nitrogens with one attached hydrogen (secondary N) is 1. The maximum absolute atomic E-state index is 12.2. The van der Waals surface area contributed by atoms with E-state index in [-0.39, 0.29) is 11.6 Å². The number of piperazine rings is 1. The average molecular weight is 417 g/mol. The van der Waals surface area contributed by atoms with E-state index >= 15 is 0 Å². The standard InChI is InChI=1S/C21H25ClN4O3/c1-16-3-4-17(15-20(16)26(28)29)21(27)23-9-2-10-24-11-13-25(14-12-24)19-7-5-18(22)6-8-19/h3-8,15H,2,9-14H2,1H3,(H,23,27). The van der Waals surface area contributed by atoms with Crippen LogP contribution in [0.4, 0.5) is 11.4 Å². The largest absolute Gasteiger partial charge is 0.369 e. The molecule has 0 bridgehead atoms. The number of carbonyl (C=O) groups excluding carboxylic acids is 1. The Morgan fingerprint density at radius 2 is 1.83 bits per heavy atom. The first-order chi connectivity index (χ1) is 13.9. The van der Waals surface area contributed by atoms with Crippen LogP contribution in [0.25, 0.3) is 0 Å². The van der Waals surface area contributed by atoms with Crippen LogP contribution in [0.2, 0.25) is 5.02 Å². The lowest BCUT2D eigenvalue weighted by atomic mass is 10.1. The van der Waals surface area contributed by atoms with Gasteiger partial charge in [0.25, 0.3) is 11.6 Å². The monoisotopic (exact) mass is 416 g/mol. The number of rotatable bonds is 7. The highest BCUT2D eigenvalue weighted by Gasteiger charge is 2.17. The van der Waals surface area contributed by atoms with Crippen molar-refractivity contribution < 1.29 is 9.72 Å². The summed E-state index contributed by atoms with van der Waals surface area (Å²) >= 11 is 5.95. The molecular weight excluding hydrogens is 392 g/mol. The van der Waals surface area contributed by atoms with Crippen molar-refractivity contribution in [2.24, 2.45) is 0 Å². The number of nitro benzene ring substituents is 1. The number of halogens is 1. The van der Waals surface area contributed by atoms with Crippen LogP contribution in [-0.4, -0.2) is 55.0 Å². The Morgan fingerprint density at radius 3 is 2.48 bits per heavy atom. The molecule has 8 heteroatoms. The Labute approximate surface area is 175 Å². The summed E-state index contributed by atoms with van der Waals surface area (Å²) < 4.78 is 0. The third-order valence-corrected chi connectivity index (χ3v) is 5.42. The maximum atomic E-state index is 12.2. The molecule has 1 fully saturated rings. The Hall–Kier alpha value is -2.64. The van der Waals surface area contributed by atoms with Gasteiger partial charge in [-0.2, -0.15) is 0 Å². The molecule has 1 heterocycles. The Morgan fingerprint density at radius 1 is 1.14 bits per heavy atom. The Bertz CT molecular complexity index is 865. The molecule has 1 aliphatic rings. The number of carbonyl (C=O) groups is 1. The number of benzene rings is 2. The van der Waals surface area contributed by atoms with E-state index in [1.165, 1.54) is 11.8 Å². The highest BCUT2D eigenvalue weighted by atomic mass is 35.5. The van der Waals surface area contributed by atoms with Crippen molar-refractivity contribution in [1.82, 2.24) is 10.2 Å². The molecule has 0 radical (unpaired) electrons. The van der Waals surface area contributed by atoms with Gasteiger partial charge in [0.15, 0.2) is 0 Å². The van der Waals surface area contributed by atoms with Crippen LogP contribution in [0, 0.1) is 17.0 Å². The zero-order valence-corrected chi connectivity index (χ0v) is 17.2. The van der Waals surface area contributed by atoms with Crippen molar-refractivity contribution >= 4 is 28.9 Å². The fourth-order valence-corrected chi connectivity index (χ4v) is 3.56. The quantitative estimate of drug-likeness (QED) is 0.424. The van der Waals surface area contributed by atoms with Crippen molar-refractivity contribution in [3.63, 3.8) is 0 Å². The molecule has 0 saturated carbocycles. The number of amides is 1. The minimum atomic E-state index is -0.463. The van der Waals surface area contributed by atoms with Gasteiger partial charge < -0.3 is 10.2 Å². The molecule has 7 nitrogen and oxygen atoms in total. The molecule has 0 aliphatic carbocycles. The van der Waals surface area contributed by atoms with Crippen LogP contribution in [0.1, 0.15) is 22.3 Å². The van der Waals surface area contributed by atoms with Gasteiger partial charge in [-0.25, -0.2) is 0 Å². The average Bonchev–Trinajstić information content (AvgIpc) is 2.72. The van der Waals surface area contributed by atoms with E-state index in [0.717, 1.165) is 44.2 Å². The topological polar surface area (TPSA) is 78.7 Å². The summed E-state index contributed by atoms with van der Waals surface area (Å²) in [5.74, 6) is -0.277. The van der Waals surface area contributed by atoms with Gasteiger partial charge in [-0.3, -0.25) is 19.8 Å². The van der Waals surface area contributed by atoms with Crippen LogP contribution in [0.3, 0.4) is 0 Å². The lowest BCUT2D eigenvalue weighted by Crippen LogP contribution is -2.47. The first-order valence-electron chi connectivity index (χ1n) is 9.70. The lowest BCUT2D eigenvalue weighted by Gasteiger charge is -2.36. The molecular formula is C21H25ClN4O3. The van der Waals surface area contributed by atoms with Crippen molar-refractivity contribution in [2.45, 2.75) is 13.3 Å². The minimum absolute atomic E-state index is 0.0313. The molecule has 2 aromatic carbocycles. The minimum Gasteiger partial charge on any atom is -0.369 e. The third-order valence-electron chi connectivity index (χ3n) is 5.17. The summed E-state index contributed by atoms with van der Waals surface area (Å²) in [7, 11) is 0. The molecule has 2 aromatic rings. The smallest absolute Gasteiger partial charge is 0.273 e. The number of nitro groups is 1. The number of anilines is 1. The normalized spacial score (nSPS) is 14.6. The molecule has 1 amide bonds. The van der Waals surface area contributed by atoms with Crippen LogP contribution in [0.5, 0.6) is 0 Å². The SMILES string of the molecule is Cc1ccc(C(=O)NCCCN2CCN(c3ccc(Cl)cc3)CC2)cc1[N+](=O)[O-]. The van der Waals surface area contributed by atoms with E-state index in [1.54, 1.807) is 19.1 Å². The second-order valence-corrected chi connectivity index (χ2v) is 7.61. The lowest BCUT2D eigenvalue weighted by molar-refractivity contribution is -0.385. The van der Waals surface area contributed by atoms with Crippen molar-refractivity contribution in [3.05, 3.63) is 68.7 Å². The first-order valence-corrected chi connectivity index (χ1v) is 10.1. The molecule has 0 spiro atoms. The zero-order chi connectivity index (χ0) is 20.8. The molecule has 0 atom stereocenters. The Kier molecular flexibility index (Phi) is 7.06. The summed E-state index contributed by atoms with van der Waals surface area (Å²) in [6, 6.07) is 12.5. The number of hydrogen-bond donors (Lipinski definition) is 1. The summed E-state index contributed by atoms with van der Waals surface area (Å²) in [5, 5.41) is 14.6. The number of hydrogen-bond acceptors (Lipinski definition) is 5. The van der Waals surface area contributed by atoms with Gasteiger partial charge in [0.1, 0.15) is 0 Å². The van der Waals surface area contributed by atoms with E-state index in [9.17, 15) is 14.9 Å². The molecule has 3 rings (SSSR count). The molecule has 154 valence electrons. The maximum Gasteiger partial charge on any atom is 0.273 e. The van der Waals surface area contributed by atoms with E-state index in [0.29, 0.717) is 17.7 Å². The van der Waals surface area contributed by atoms with Crippen LogP contribution < -0.4 is 10.2 Å². The molecule has 1 aliphatic heterocycles. The van der Waals surface area contributed by atoms with Crippen molar-refractivity contribution in [2.75, 3.05) is 44.2 Å². The Balaban J connectivity index is 1.39. The molecule has 1 saturated heterocycles. The fraction of sp³-hybridized carbons (Fsp3) is 0.381. The van der Waals surface area contributed by atoms with Crippen LogP contribution >= 0.6 is 11.6 Å². The van der Waals surface area contributed by atoms with Crippen molar-refractivity contribution in [1.29, 1.82) is 0 Å². The van der Waals surface area contributed by atoms with Crippen molar-refractivity contribution in [3.8, 4) is 0 Å². The summed E-state index contributed by atoms with van der Waals surface area (Å²) in [4.78, 5) is 27.5. The predicted molar refractivity (Wildman–Crippen MR) is 115 cm³/mol. The van der Waals surface area contributed by atoms with Gasteiger partial charge in [-0.05, 0) is 50.2 Å². The zero-order valence-electron chi connectivity index (χ0n) is 16.4. The second-order valence-electron chi connectivity index (χ2n) is 7.17. The first kappa shape index (κ1) is 21.1. The van der Waals surface area contributed by atoms with E-state index in [1.807, 2.05) is 24.3 Å². The van der Waals surface area contributed by atoms with Gasteiger partial charge in [0, 0.05) is 60.6 Å². The highest BCUT2D eigenvalue weighted by Crippen LogP contribution is 2.20. The second kappa shape index (κ2) is 9.71. The van der Waals surface area contributed by atoms with Gasteiger partial charge >= 0.3 is 0 Å². The molecule has 0 unspecified atom stereocenters. The highest BCUT2D eigenvalue weighted by molar-refractivity contribution is 6.30. The van der Waals surface area contributed by atoms with E-state index < -0.39 is 4.92 Å². The third kappa shape index (κ3) is 5.68. The molecule has 29 heavy (non-hydrogen) atoms. The van der Waals surface area contributed by atoms with Gasteiger partial charge in [0.2, 0.25) is 0 Å². The fourth-order valence-electron chi connectivity index (χ4n) is 3.44. The predicted octanol–water partition coefficient (Wildman–Crippen LogP) is 3.50. The number of aryl methyl sites for hydroxylation is 1. The summed E-state index contributed by atoms with van der Waals surface area (Å²) in [6.07, 6.45) is 0.834. The van der Waals surface area contributed by atoms with E-state index in [2.05, 4.69) is 15.1 Å². The molecule has 0 aromatic heterocycles. The number of nitrogens with zero attached hydrogens (tertiary/aromatic N) is 3. The van der Waals surface area contributed by atoms with Gasteiger partial charge in [-0.15, -0.1) is 0 Å². The molecule has 1 N–H and O–H groups in total. The summed E-state index contributed by atoms with van der Waals surface area (Å²) in [6.45, 7) is 6.97. The van der Waals surface area contributed by atoms with Gasteiger partial charge in [0.05, 0.1) is 4.92 Å².